The fourth-order valence-electron chi connectivity index (χ4n) is 2.92. The molecule has 1 saturated heterocycles. The molecule has 24 heavy (non-hydrogen) atoms. The lowest BCUT2D eigenvalue weighted by Crippen LogP contribution is -2.52. The molecular formula is C17H25N5OS. The van der Waals surface area contributed by atoms with Crippen molar-refractivity contribution in [2.24, 2.45) is 4.99 Å². The van der Waals surface area contributed by atoms with Gasteiger partial charge in [0.2, 0.25) is 0 Å². The van der Waals surface area contributed by atoms with Gasteiger partial charge in [-0.3, -0.25) is 9.89 Å². The summed E-state index contributed by atoms with van der Waals surface area (Å²) in [6.07, 6.45) is 1.63. The molecule has 1 fully saturated rings. The van der Waals surface area contributed by atoms with Crippen molar-refractivity contribution >= 4 is 17.3 Å². The van der Waals surface area contributed by atoms with Gasteiger partial charge in [0.25, 0.3) is 0 Å². The Kier molecular flexibility index (Phi) is 5.87. The number of guanidine groups is 1. The van der Waals surface area contributed by atoms with Crippen molar-refractivity contribution in [2.45, 2.75) is 19.4 Å². The number of piperazine rings is 1. The number of aliphatic imine (C=N–C) groups is 1. The van der Waals surface area contributed by atoms with E-state index in [1.807, 2.05) is 13.1 Å². The highest BCUT2D eigenvalue weighted by atomic mass is 32.1. The van der Waals surface area contributed by atoms with Gasteiger partial charge in [0.05, 0.1) is 5.69 Å². The Hall–Kier alpha value is -1.86. The van der Waals surface area contributed by atoms with Crippen LogP contribution < -0.4 is 5.32 Å². The minimum Gasteiger partial charge on any atom is -0.364 e. The molecule has 0 aliphatic carbocycles. The zero-order chi connectivity index (χ0) is 16.8. The average molecular weight is 347 g/mol. The van der Waals surface area contributed by atoms with Crippen LogP contribution in [0.2, 0.25) is 0 Å². The number of nitrogens with zero attached hydrogens (tertiary/aromatic N) is 4. The van der Waals surface area contributed by atoms with Crippen molar-refractivity contribution in [1.82, 2.24) is 20.3 Å². The first-order valence-electron chi connectivity index (χ1n) is 8.35. The number of thiophene rings is 1. The smallest absolute Gasteiger partial charge is 0.193 e. The summed E-state index contributed by atoms with van der Waals surface area (Å²) in [5.41, 5.74) is 2.39. The number of hydrogen-bond acceptors (Lipinski definition) is 5. The van der Waals surface area contributed by atoms with E-state index in [-0.39, 0.29) is 0 Å². The molecule has 6 nitrogen and oxygen atoms in total. The maximum atomic E-state index is 4.90. The van der Waals surface area contributed by atoms with Gasteiger partial charge in [-0.05, 0) is 28.3 Å². The van der Waals surface area contributed by atoms with Gasteiger partial charge >= 0.3 is 0 Å². The normalized spacial score (nSPS) is 17.9. The van der Waals surface area contributed by atoms with Crippen LogP contribution in [0.4, 0.5) is 0 Å². The minimum absolute atomic E-state index is 0.487. The summed E-state index contributed by atoms with van der Waals surface area (Å²) in [6, 6.07) is 4.13. The first kappa shape index (κ1) is 17.0. The Morgan fingerprint density at radius 2 is 2.21 bits per heavy atom. The summed E-state index contributed by atoms with van der Waals surface area (Å²) in [6.45, 7) is 7.97. The van der Waals surface area contributed by atoms with Crippen molar-refractivity contribution in [3.63, 3.8) is 0 Å². The molecule has 2 aromatic rings. The fraction of sp³-hybridized carbons (Fsp3) is 0.529. The molecule has 1 atom stereocenters. The predicted molar refractivity (Wildman–Crippen MR) is 97.4 cm³/mol. The first-order valence-corrected chi connectivity index (χ1v) is 9.30. The van der Waals surface area contributed by atoms with E-state index in [1.165, 1.54) is 5.56 Å². The molecule has 3 rings (SSSR count). The Labute approximate surface area is 147 Å². The van der Waals surface area contributed by atoms with E-state index >= 15 is 0 Å². The second-order valence-electron chi connectivity index (χ2n) is 6.14. The zero-order valence-corrected chi connectivity index (χ0v) is 15.1. The zero-order valence-electron chi connectivity index (χ0n) is 14.3. The molecule has 3 heterocycles. The minimum atomic E-state index is 0.487. The molecule has 0 spiro atoms. The van der Waals surface area contributed by atoms with E-state index in [0.29, 0.717) is 5.92 Å². The Balaban J connectivity index is 1.45. The molecule has 1 N–H and O–H groups in total. The monoisotopic (exact) mass is 347 g/mol. The van der Waals surface area contributed by atoms with Crippen LogP contribution >= 0.6 is 11.3 Å². The average Bonchev–Trinajstić information content (AvgIpc) is 3.30. The third-order valence-electron chi connectivity index (χ3n) is 4.44. The van der Waals surface area contributed by atoms with Gasteiger partial charge in [-0.1, -0.05) is 12.1 Å². The molecule has 1 aliphatic heterocycles. The van der Waals surface area contributed by atoms with Crippen LogP contribution in [0.25, 0.3) is 0 Å². The van der Waals surface area contributed by atoms with Crippen molar-refractivity contribution in [1.29, 1.82) is 0 Å². The third-order valence-corrected chi connectivity index (χ3v) is 5.14. The Morgan fingerprint density at radius 1 is 1.38 bits per heavy atom. The van der Waals surface area contributed by atoms with E-state index in [2.05, 4.69) is 49.0 Å². The van der Waals surface area contributed by atoms with Gasteiger partial charge < -0.3 is 14.7 Å². The predicted octanol–water partition coefficient (Wildman–Crippen LogP) is 2.23. The van der Waals surface area contributed by atoms with Gasteiger partial charge in [0.1, 0.15) is 6.26 Å². The second kappa shape index (κ2) is 8.30. The number of aromatic nitrogens is 1. The second-order valence-corrected chi connectivity index (χ2v) is 6.92. The van der Waals surface area contributed by atoms with E-state index in [0.717, 1.165) is 50.9 Å². The van der Waals surface area contributed by atoms with Crippen LogP contribution in [-0.4, -0.2) is 60.7 Å². The van der Waals surface area contributed by atoms with Gasteiger partial charge in [-0.25, -0.2) is 0 Å². The number of hydrogen-bond donors (Lipinski definition) is 1. The van der Waals surface area contributed by atoms with Crippen LogP contribution in [0.15, 0.2) is 38.7 Å². The van der Waals surface area contributed by atoms with E-state index in [1.54, 1.807) is 17.6 Å². The molecule has 2 aromatic heterocycles. The van der Waals surface area contributed by atoms with Crippen molar-refractivity contribution in [2.75, 3.05) is 39.8 Å². The number of rotatable bonds is 5. The highest BCUT2D eigenvalue weighted by Crippen LogP contribution is 2.17. The molecule has 7 heteroatoms. The van der Waals surface area contributed by atoms with Crippen molar-refractivity contribution in [3.8, 4) is 0 Å². The molecule has 0 radical (unpaired) electrons. The maximum absolute atomic E-state index is 4.90. The molecule has 130 valence electrons. The standard InChI is InChI=1S/C17H25N5OS/c1-14(15-4-10-24-13-15)11-19-17(18-2)22-7-5-21(6-8-22)12-16-3-9-23-20-16/h3-4,9-10,13-14H,5-8,11-12H2,1-2H3,(H,18,19). The molecular weight excluding hydrogens is 322 g/mol. The lowest BCUT2D eigenvalue weighted by Gasteiger charge is -2.36. The Bertz CT molecular complexity index is 617. The summed E-state index contributed by atoms with van der Waals surface area (Å²) in [5.74, 6) is 1.49. The van der Waals surface area contributed by atoms with E-state index < -0.39 is 0 Å². The van der Waals surface area contributed by atoms with Crippen molar-refractivity contribution < 1.29 is 4.52 Å². The van der Waals surface area contributed by atoms with Crippen LogP contribution in [0.1, 0.15) is 24.1 Å². The van der Waals surface area contributed by atoms with E-state index in [4.69, 9.17) is 4.52 Å². The topological polar surface area (TPSA) is 56.9 Å². The first-order chi connectivity index (χ1) is 11.8. The molecule has 0 saturated carbocycles. The number of nitrogens with one attached hydrogen (secondary N) is 1. The molecule has 0 aromatic carbocycles. The van der Waals surface area contributed by atoms with Gasteiger partial charge in [0.15, 0.2) is 5.96 Å². The summed E-state index contributed by atoms with van der Waals surface area (Å²) in [5, 5.41) is 11.9. The molecule has 1 aliphatic rings. The van der Waals surface area contributed by atoms with Gasteiger partial charge in [-0.15, -0.1) is 0 Å². The Morgan fingerprint density at radius 3 is 2.83 bits per heavy atom. The SMILES string of the molecule is CN=C(NCC(C)c1ccsc1)N1CCN(Cc2ccon2)CC1. The van der Waals surface area contributed by atoms with Crippen LogP contribution in [0.5, 0.6) is 0 Å². The van der Waals surface area contributed by atoms with Crippen LogP contribution in [0, 0.1) is 0 Å². The lowest BCUT2D eigenvalue weighted by atomic mass is 10.1. The van der Waals surface area contributed by atoms with Crippen LogP contribution in [0.3, 0.4) is 0 Å². The summed E-state index contributed by atoms with van der Waals surface area (Å²) in [7, 11) is 1.86. The molecule has 1 unspecified atom stereocenters. The van der Waals surface area contributed by atoms with Crippen LogP contribution in [-0.2, 0) is 6.54 Å². The quantitative estimate of drug-likeness (QED) is 0.664. The van der Waals surface area contributed by atoms with E-state index in [9.17, 15) is 0 Å². The highest BCUT2D eigenvalue weighted by molar-refractivity contribution is 7.07. The lowest BCUT2D eigenvalue weighted by molar-refractivity contribution is 0.169. The van der Waals surface area contributed by atoms with Gasteiger partial charge in [-0.2, -0.15) is 11.3 Å². The van der Waals surface area contributed by atoms with Crippen molar-refractivity contribution in [3.05, 3.63) is 40.4 Å². The third kappa shape index (κ3) is 4.36. The molecule has 0 bridgehead atoms. The molecule has 0 amide bonds. The summed E-state index contributed by atoms with van der Waals surface area (Å²) in [4.78, 5) is 9.19. The largest absolute Gasteiger partial charge is 0.364 e. The summed E-state index contributed by atoms with van der Waals surface area (Å²) >= 11 is 1.75. The maximum Gasteiger partial charge on any atom is 0.193 e. The fourth-order valence-corrected chi connectivity index (χ4v) is 3.70. The van der Waals surface area contributed by atoms with Gasteiger partial charge in [0, 0.05) is 52.4 Å². The highest BCUT2D eigenvalue weighted by Gasteiger charge is 2.20. The summed E-state index contributed by atoms with van der Waals surface area (Å²) < 4.78 is 4.90.